The Labute approximate surface area is 134 Å². The third kappa shape index (κ3) is 3.86. The lowest BCUT2D eigenvalue weighted by Crippen LogP contribution is -2.41. The van der Waals surface area contributed by atoms with Crippen LogP contribution < -0.4 is 15.0 Å². The molecule has 1 aromatic carbocycles. The van der Waals surface area contributed by atoms with E-state index >= 15 is 0 Å². The molecule has 1 unspecified atom stereocenters. The van der Waals surface area contributed by atoms with Crippen molar-refractivity contribution in [2.45, 2.75) is 13.0 Å². The second-order valence-electron chi connectivity index (χ2n) is 5.08. The number of ether oxygens (including phenoxy) is 2. The zero-order chi connectivity index (χ0) is 16.1. The molecule has 120 valence electrons. The van der Waals surface area contributed by atoms with Crippen LogP contribution in [0.2, 0.25) is 0 Å². The van der Waals surface area contributed by atoms with E-state index in [4.69, 9.17) is 9.47 Å². The van der Waals surface area contributed by atoms with E-state index in [1.165, 1.54) is 11.3 Å². The van der Waals surface area contributed by atoms with E-state index < -0.39 is 0 Å². The van der Waals surface area contributed by atoms with Crippen LogP contribution in [0.5, 0.6) is 5.75 Å². The maximum atomic E-state index is 12.0. The van der Waals surface area contributed by atoms with Crippen LogP contribution in [0.1, 0.15) is 6.92 Å². The maximum absolute atomic E-state index is 12.0. The summed E-state index contributed by atoms with van der Waals surface area (Å²) in [7, 11) is 5.09. The highest BCUT2D eigenvalue weighted by molar-refractivity contribution is 7.22. The van der Waals surface area contributed by atoms with Crippen molar-refractivity contribution in [3.05, 3.63) is 18.2 Å². The molecule has 0 aliphatic carbocycles. The molecule has 0 aliphatic heterocycles. The van der Waals surface area contributed by atoms with Gasteiger partial charge in [-0.15, -0.1) is 0 Å². The van der Waals surface area contributed by atoms with E-state index in [1.807, 2.05) is 37.1 Å². The van der Waals surface area contributed by atoms with Crippen molar-refractivity contribution < 1.29 is 14.3 Å². The number of carbonyl (C=O) groups excluding carboxylic acids is 1. The van der Waals surface area contributed by atoms with Gasteiger partial charge in [-0.1, -0.05) is 17.4 Å². The number of thiazole rings is 1. The number of hydrogen-bond donors (Lipinski definition) is 1. The third-order valence-electron chi connectivity index (χ3n) is 3.12. The molecule has 0 saturated carbocycles. The van der Waals surface area contributed by atoms with Gasteiger partial charge in [-0.05, 0) is 19.1 Å². The first-order chi connectivity index (χ1) is 10.5. The quantitative estimate of drug-likeness (QED) is 0.843. The molecular weight excluding hydrogens is 302 g/mol. The fraction of sp³-hybridized carbons (Fsp3) is 0.467. The van der Waals surface area contributed by atoms with Crippen LogP contribution in [-0.2, 0) is 9.53 Å². The van der Waals surface area contributed by atoms with Gasteiger partial charge in [0.05, 0.1) is 25.0 Å². The summed E-state index contributed by atoms with van der Waals surface area (Å²) in [4.78, 5) is 18.4. The highest BCUT2D eigenvalue weighted by atomic mass is 32.1. The number of benzene rings is 1. The SMILES string of the molecule is COCC(C)NC(=O)CN(C)c1nc2c(OC)cccc2s1. The van der Waals surface area contributed by atoms with E-state index in [-0.39, 0.29) is 18.5 Å². The zero-order valence-electron chi connectivity index (χ0n) is 13.3. The lowest BCUT2D eigenvalue weighted by Gasteiger charge is -2.18. The Morgan fingerprint density at radius 1 is 1.45 bits per heavy atom. The number of methoxy groups -OCH3 is 2. The minimum atomic E-state index is -0.0572. The summed E-state index contributed by atoms with van der Waals surface area (Å²) in [6.45, 7) is 2.65. The number of fused-ring (bicyclic) bond motifs is 1. The molecule has 0 bridgehead atoms. The van der Waals surface area contributed by atoms with E-state index in [2.05, 4.69) is 10.3 Å². The molecule has 1 amide bonds. The van der Waals surface area contributed by atoms with Crippen LogP contribution in [0.3, 0.4) is 0 Å². The molecule has 7 heteroatoms. The molecule has 0 aliphatic rings. The Morgan fingerprint density at radius 3 is 2.91 bits per heavy atom. The predicted molar refractivity (Wildman–Crippen MR) is 88.9 cm³/mol. The number of amides is 1. The van der Waals surface area contributed by atoms with Crippen molar-refractivity contribution in [2.24, 2.45) is 0 Å². The topological polar surface area (TPSA) is 63.7 Å². The van der Waals surface area contributed by atoms with Crippen LogP contribution in [0.15, 0.2) is 18.2 Å². The normalized spacial score (nSPS) is 12.2. The van der Waals surface area contributed by atoms with Crippen molar-refractivity contribution in [2.75, 3.05) is 39.3 Å². The highest BCUT2D eigenvalue weighted by Gasteiger charge is 2.15. The van der Waals surface area contributed by atoms with Crippen molar-refractivity contribution in [3.63, 3.8) is 0 Å². The van der Waals surface area contributed by atoms with Gasteiger partial charge < -0.3 is 19.7 Å². The Bertz CT molecular complexity index is 644. The number of hydrogen-bond acceptors (Lipinski definition) is 6. The first-order valence-electron chi connectivity index (χ1n) is 6.98. The third-order valence-corrected chi connectivity index (χ3v) is 4.26. The van der Waals surface area contributed by atoms with Crippen LogP contribution >= 0.6 is 11.3 Å². The molecule has 0 radical (unpaired) electrons. The van der Waals surface area contributed by atoms with Gasteiger partial charge in [0.25, 0.3) is 0 Å². The van der Waals surface area contributed by atoms with E-state index in [0.717, 1.165) is 21.1 Å². The van der Waals surface area contributed by atoms with Gasteiger partial charge in [-0.2, -0.15) is 0 Å². The fourth-order valence-electron chi connectivity index (χ4n) is 2.13. The summed E-state index contributed by atoms with van der Waals surface area (Å²) in [5.41, 5.74) is 0.824. The van der Waals surface area contributed by atoms with E-state index in [1.54, 1.807) is 14.2 Å². The minimum absolute atomic E-state index is 0.0126. The Balaban J connectivity index is 2.06. The van der Waals surface area contributed by atoms with Gasteiger partial charge in [0.1, 0.15) is 11.3 Å². The van der Waals surface area contributed by atoms with Crippen LogP contribution in [0, 0.1) is 0 Å². The average Bonchev–Trinajstić information content (AvgIpc) is 2.91. The summed E-state index contributed by atoms with van der Waals surface area (Å²) in [5, 5.41) is 3.67. The van der Waals surface area contributed by atoms with Crippen molar-refractivity contribution in [1.29, 1.82) is 0 Å². The Morgan fingerprint density at radius 2 is 2.23 bits per heavy atom. The predicted octanol–water partition coefficient (Wildman–Crippen LogP) is 1.89. The molecule has 1 N–H and O–H groups in total. The monoisotopic (exact) mass is 323 g/mol. The van der Waals surface area contributed by atoms with Crippen molar-refractivity contribution in [1.82, 2.24) is 10.3 Å². The maximum Gasteiger partial charge on any atom is 0.239 e. The van der Waals surface area contributed by atoms with E-state index in [0.29, 0.717) is 6.61 Å². The van der Waals surface area contributed by atoms with E-state index in [9.17, 15) is 4.79 Å². The van der Waals surface area contributed by atoms with Crippen LogP contribution in [0.4, 0.5) is 5.13 Å². The molecule has 6 nitrogen and oxygen atoms in total. The Kier molecular flexibility index (Phi) is 5.57. The number of aromatic nitrogens is 1. The standard InChI is InChI=1S/C15H21N3O3S/c1-10(9-20-3)16-13(19)8-18(2)15-17-14-11(21-4)6-5-7-12(14)22-15/h5-7,10H,8-9H2,1-4H3,(H,16,19). The average molecular weight is 323 g/mol. The number of rotatable bonds is 7. The summed E-state index contributed by atoms with van der Waals surface area (Å²) in [6.07, 6.45) is 0. The second-order valence-corrected chi connectivity index (χ2v) is 6.09. The number of likely N-dealkylation sites (N-methyl/N-ethyl adjacent to an activating group) is 1. The summed E-state index contributed by atoms with van der Waals surface area (Å²) in [6, 6.07) is 5.79. The first-order valence-corrected chi connectivity index (χ1v) is 7.79. The van der Waals surface area contributed by atoms with Gasteiger partial charge in [0.2, 0.25) is 5.91 Å². The highest BCUT2D eigenvalue weighted by Crippen LogP contribution is 2.33. The largest absolute Gasteiger partial charge is 0.494 e. The smallest absolute Gasteiger partial charge is 0.239 e. The molecule has 22 heavy (non-hydrogen) atoms. The fourth-order valence-corrected chi connectivity index (χ4v) is 3.08. The number of anilines is 1. The lowest BCUT2D eigenvalue weighted by atomic mass is 10.3. The number of para-hydroxylation sites is 1. The Hall–Kier alpha value is -1.86. The molecule has 1 atom stereocenters. The van der Waals surface area contributed by atoms with Crippen LogP contribution in [0.25, 0.3) is 10.2 Å². The van der Waals surface area contributed by atoms with Gasteiger partial charge in [0.15, 0.2) is 5.13 Å². The number of nitrogens with one attached hydrogen (secondary N) is 1. The van der Waals surface area contributed by atoms with Gasteiger partial charge in [-0.3, -0.25) is 4.79 Å². The van der Waals surface area contributed by atoms with Crippen LogP contribution in [-0.4, -0.2) is 51.4 Å². The summed E-state index contributed by atoms with van der Waals surface area (Å²) >= 11 is 1.54. The van der Waals surface area contributed by atoms with Crippen molar-refractivity contribution in [3.8, 4) is 5.75 Å². The molecule has 0 saturated heterocycles. The minimum Gasteiger partial charge on any atom is -0.494 e. The van der Waals surface area contributed by atoms with Crippen molar-refractivity contribution >= 4 is 32.6 Å². The molecule has 0 spiro atoms. The van der Waals surface area contributed by atoms with Gasteiger partial charge in [-0.25, -0.2) is 4.98 Å². The molecule has 2 aromatic rings. The zero-order valence-corrected chi connectivity index (χ0v) is 14.1. The molecular formula is C15H21N3O3S. The van der Waals surface area contributed by atoms with Gasteiger partial charge >= 0.3 is 0 Å². The first kappa shape index (κ1) is 16.5. The molecule has 2 rings (SSSR count). The summed E-state index contributed by atoms with van der Waals surface area (Å²) < 4.78 is 11.4. The lowest BCUT2D eigenvalue weighted by molar-refractivity contribution is -0.120. The summed E-state index contributed by atoms with van der Waals surface area (Å²) in [5.74, 6) is 0.685. The second kappa shape index (κ2) is 7.42. The molecule has 0 fully saturated rings. The molecule has 1 aromatic heterocycles. The van der Waals surface area contributed by atoms with Gasteiger partial charge in [0, 0.05) is 20.2 Å². The molecule has 1 heterocycles. The number of carbonyl (C=O) groups is 1. The number of nitrogens with zero attached hydrogens (tertiary/aromatic N) is 2.